The van der Waals surface area contributed by atoms with E-state index in [0.717, 1.165) is 16.0 Å². The Kier molecular flexibility index (Phi) is 4.95. The number of anilines is 1. The van der Waals surface area contributed by atoms with E-state index < -0.39 is 10.5 Å². The SMILES string of the molecule is CC1(C)CC(Nc2cnn(-c3ccc([N+](=O)[O-])cc3)c(=O)c2Cl)c2ccccc2O1. The van der Waals surface area contributed by atoms with Crippen LogP contribution in [0.1, 0.15) is 31.9 Å². The Morgan fingerprint density at radius 3 is 2.63 bits per heavy atom. The Balaban J connectivity index is 1.66. The van der Waals surface area contributed by atoms with E-state index in [1.165, 1.54) is 30.5 Å². The Hall–Kier alpha value is -3.39. The van der Waals surface area contributed by atoms with Gasteiger partial charge in [0.2, 0.25) is 0 Å². The molecule has 9 heteroatoms. The van der Waals surface area contributed by atoms with Crippen LogP contribution >= 0.6 is 11.6 Å². The number of nitrogens with zero attached hydrogens (tertiary/aromatic N) is 3. The Morgan fingerprint density at radius 1 is 1.23 bits per heavy atom. The van der Waals surface area contributed by atoms with E-state index >= 15 is 0 Å². The fraction of sp³-hybridized carbons (Fsp3) is 0.238. The zero-order valence-corrected chi connectivity index (χ0v) is 17.1. The van der Waals surface area contributed by atoms with Crippen LogP contribution in [0.5, 0.6) is 5.75 Å². The number of nitro benzene ring substituents is 1. The maximum absolute atomic E-state index is 12.8. The molecule has 1 aliphatic rings. The number of hydrogen-bond donors (Lipinski definition) is 1. The van der Waals surface area contributed by atoms with Crippen molar-refractivity contribution in [1.29, 1.82) is 0 Å². The standard InChI is InChI=1S/C21H19ClN4O4/c1-21(2)11-16(15-5-3-4-6-18(15)30-21)24-17-12-23-25(20(27)19(17)22)13-7-9-14(10-8-13)26(28)29/h3-10,12,16,24H,11H2,1-2H3. The fourth-order valence-electron chi connectivity index (χ4n) is 3.55. The molecule has 0 saturated carbocycles. The highest BCUT2D eigenvalue weighted by Crippen LogP contribution is 2.41. The molecule has 0 radical (unpaired) electrons. The zero-order valence-electron chi connectivity index (χ0n) is 16.3. The minimum absolute atomic E-state index is 0.00914. The number of nitro groups is 1. The molecule has 0 fully saturated rings. The van der Waals surface area contributed by atoms with Crippen molar-refractivity contribution in [2.45, 2.75) is 31.9 Å². The predicted octanol–water partition coefficient (Wildman–Crippen LogP) is 4.51. The fourth-order valence-corrected chi connectivity index (χ4v) is 3.73. The van der Waals surface area contributed by atoms with Gasteiger partial charge in [-0.05, 0) is 32.0 Å². The normalized spacial score (nSPS) is 17.0. The highest BCUT2D eigenvalue weighted by molar-refractivity contribution is 6.33. The van der Waals surface area contributed by atoms with Crippen LogP contribution in [0.15, 0.2) is 59.5 Å². The maximum atomic E-state index is 12.8. The van der Waals surface area contributed by atoms with Crippen LogP contribution in [0.2, 0.25) is 5.02 Å². The summed E-state index contributed by atoms with van der Waals surface area (Å²) in [5.41, 5.74) is 0.799. The van der Waals surface area contributed by atoms with Crippen molar-refractivity contribution in [3.8, 4) is 11.4 Å². The summed E-state index contributed by atoms with van der Waals surface area (Å²) in [6, 6.07) is 13.1. The lowest BCUT2D eigenvalue weighted by Gasteiger charge is -2.38. The number of ether oxygens (including phenoxy) is 1. The Bertz CT molecular complexity index is 1170. The first-order valence-corrected chi connectivity index (χ1v) is 9.70. The Morgan fingerprint density at radius 2 is 1.93 bits per heavy atom. The first kappa shape index (κ1) is 19.9. The van der Waals surface area contributed by atoms with Gasteiger partial charge in [0.25, 0.3) is 11.2 Å². The molecule has 154 valence electrons. The minimum Gasteiger partial charge on any atom is -0.487 e. The van der Waals surface area contributed by atoms with Gasteiger partial charge in [0, 0.05) is 24.1 Å². The number of non-ortho nitro benzene ring substituents is 1. The highest BCUT2D eigenvalue weighted by Gasteiger charge is 2.34. The van der Waals surface area contributed by atoms with Gasteiger partial charge in [0.15, 0.2) is 0 Å². The molecule has 1 N–H and O–H groups in total. The van der Waals surface area contributed by atoms with Crippen molar-refractivity contribution < 1.29 is 9.66 Å². The monoisotopic (exact) mass is 426 g/mol. The van der Waals surface area contributed by atoms with Crippen LogP contribution in [0.3, 0.4) is 0 Å². The highest BCUT2D eigenvalue weighted by atomic mass is 35.5. The number of aromatic nitrogens is 2. The molecule has 0 spiro atoms. The summed E-state index contributed by atoms with van der Waals surface area (Å²) in [4.78, 5) is 23.1. The van der Waals surface area contributed by atoms with Crippen molar-refractivity contribution in [1.82, 2.24) is 9.78 Å². The number of rotatable bonds is 4. The van der Waals surface area contributed by atoms with E-state index in [-0.39, 0.29) is 22.4 Å². The summed E-state index contributed by atoms with van der Waals surface area (Å²) in [6.45, 7) is 4.01. The smallest absolute Gasteiger partial charge is 0.292 e. The lowest BCUT2D eigenvalue weighted by atomic mass is 9.89. The number of benzene rings is 2. The third kappa shape index (κ3) is 3.73. The van der Waals surface area contributed by atoms with Crippen LogP contribution in [-0.4, -0.2) is 20.3 Å². The number of fused-ring (bicyclic) bond motifs is 1. The summed E-state index contributed by atoms with van der Waals surface area (Å²) >= 11 is 6.37. The van der Waals surface area contributed by atoms with Crippen molar-refractivity contribution in [3.05, 3.63) is 85.8 Å². The molecule has 3 aromatic rings. The molecule has 0 bridgehead atoms. The second kappa shape index (κ2) is 7.46. The lowest BCUT2D eigenvalue weighted by molar-refractivity contribution is -0.384. The van der Waals surface area contributed by atoms with Gasteiger partial charge in [-0.15, -0.1) is 0 Å². The van der Waals surface area contributed by atoms with E-state index in [1.54, 1.807) is 0 Å². The summed E-state index contributed by atoms with van der Waals surface area (Å²) < 4.78 is 7.15. The van der Waals surface area contributed by atoms with E-state index in [4.69, 9.17) is 16.3 Å². The van der Waals surface area contributed by atoms with Gasteiger partial charge in [0.05, 0.1) is 28.5 Å². The Labute approximate surface area is 177 Å². The molecule has 4 rings (SSSR count). The van der Waals surface area contributed by atoms with Crippen LogP contribution in [0.25, 0.3) is 5.69 Å². The van der Waals surface area contributed by atoms with Gasteiger partial charge in [0.1, 0.15) is 16.4 Å². The molecule has 1 unspecified atom stereocenters. The summed E-state index contributed by atoms with van der Waals surface area (Å²) in [5, 5.41) is 18.3. The quantitative estimate of drug-likeness (QED) is 0.486. The van der Waals surface area contributed by atoms with Crippen LogP contribution in [-0.2, 0) is 0 Å². The zero-order chi connectivity index (χ0) is 21.5. The van der Waals surface area contributed by atoms with Crippen LogP contribution < -0.4 is 15.6 Å². The minimum atomic E-state index is -0.518. The van der Waals surface area contributed by atoms with Gasteiger partial charge in [-0.2, -0.15) is 9.78 Å². The third-order valence-electron chi connectivity index (χ3n) is 4.93. The summed E-state index contributed by atoms with van der Waals surface area (Å²) in [7, 11) is 0. The first-order valence-electron chi connectivity index (χ1n) is 9.32. The van der Waals surface area contributed by atoms with Crippen LogP contribution in [0.4, 0.5) is 11.4 Å². The summed E-state index contributed by atoms with van der Waals surface area (Å²) in [5.74, 6) is 0.787. The van der Waals surface area contributed by atoms with E-state index in [1.807, 2.05) is 38.1 Å². The van der Waals surface area contributed by atoms with E-state index in [2.05, 4.69) is 10.4 Å². The first-order chi connectivity index (χ1) is 14.2. The largest absolute Gasteiger partial charge is 0.487 e. The van der Waals surface area contributed by atoms with Crippen LogP contribution in [0, 0.1) is 10.1 Å². The van der Waals surface area contributed by atoms with Gasteiger partial charge in [-0.3, -0.25) is 14.9 Å². The van der Waals surface area contributed by atoms with Crippen molar-refractivity contribution in [3.63, 3.8) is 0 Å². The third-order valence-corrected chi connectivity index (χ3v) is 5.30. The van der Waals surface area contributed by atoms with Gasteiger partial charge < -0.3 is 10.1 Å². The van der Waals surface area contributed by atoms with E-state index in [9.17, 15) is 14.9 Å². The lowest BCUT2D eigenvalue weighted by Crippen LogP contribution is -2.37. The molecular weight excluding hydrogens is 408 g/mol. The average molecular weight is 427 g/mol. The predicted molar refractivity (Wildman–Crippen MR) is 114 cm³/mol. The van der Waals surface area contributed by atoms with Gasteiger partial charge in [-0.25, -0.2) is 0 Å². The molecule has 30 heavy (non-hydrogen) atoms. The molecule has 2 heterocycles. The molecular formula is C21H19ClN4O4. The summed E-state index contributed by atoms with van der Waals surface area (Å²) in [6.07, 6.45) is 2.15. The number of halogens is 1. The van der Waals surface area contributed by atoms with Gasteiger partial charge in [-0.1, -0.05) is 29.8 Å². The van der Waals surface area contributed by atoms with Crippen molar-refractivity contribution >= 4 is 23.0 Å². The molecule has 8 nitrogen and oxygen atoms in total. The maximum Gasteiger partial charge on any atom is 0.292 e. The molecule has 0 saturated heterocycles. The number of para-hydroxylation sites is 1. The molecule has 1 aliphatic heterocycles. The molecule has 2 aromatic carbocycles. The molecule has 0 aliphatic carbocycles. The molecule has 1 aromatic heterocycles. The van der Waals surface area contributed by atoms with Gasteiger partial charge >= 0.3 is 0 Å². The van der Waals surface area contributed by atoms with Crippen molar-refractivity contribution in [2.75, 3.05) is 5.32 Å². The second-order valence-corrected chi connectivity index (χ2v) is 8.04. The van der Waals surface area contributed by atoms with Crippen molar-refractivity contribution in [2.24, 2.45) is 0 Å². The topological polar surface area (TPSA) is 99.3 Å². The molecule has 1 atom stereocenters. The molecule has 0 amide bonds. The average Bonchev–Trinajstić information content (AvgIpc) is 2.71. The number of nitrogens with one attached hydrogen (secondary N) is 1. The number of hydrogen-bond acceptors (Lipinski definition) is 6. The van der Waals surface area contributed by atoms with E-state index in [0.29, 0.717) is 17.8 Å². The second-order valence-electron chi connectivity index (χ2n) is 7.66.